The zero-order chi connectivity index (χ0) is 28.1. The molecule has 11 N–H and O–H groups in total. The van der Waals surface area contributed by atoms with E-state index < -0.39 is 41.8 Å². The van der Waals surface area contributed by atoms with Crippen molar-refractivity contribution >= 4 is 29.7 Å². The Balaban J connectivity index is 2.15. The molecule has 12 nitrogen and oxygen atoms in total. The molecule has 0 radical (unpaired) electrons. The minimum absolute atomic E-state index is 0.0929. The Morgan fingerprint density at radius 1 is 0.842 bits per heavy atom. The van der Waals surface area contributed by atoms with Crippen molar-refractivity contribution in [1.29, 1.82) is 5.41 Å². The van der Waals surface area contributed by atoms with Gasteiger partial charge in [0, 0.05) is 19.4 Å². The van der Waals surface area contributed by atoms with Crippen LogP contribution in [-0.2, 0) is 25.6 Å². The predicted octanol–water partition coefficient (Wildman–Crippen LogP) is -0.194. The van der Waals surface area contributed by atoms with Gasteiger partial charge in [0.2, 0.25) is 17.7 Å². The van der Waals surface area contributed by atoms with Crippen LogP contribution < -0.4 is 33.2 Å². The number of hydrogen-bond donors (Lipinski definition) is 8. The van der Waals surface area contributed by atoms with Crippen molar-refractivity contribution in [2.24, 2.45) is 17.2 Å². The SMILES string of the molecule is N=C(N)NCCCC(NC(=O)C(Cc1ccc(-c2ccccc2)cc1)NC(=O)C(N)CCC(=O)O)C(N)=O. The third-order valence-corrected chi connectivity index (χ3v) is 5.78. The maximum Gasteiger partial charge on any atom is 0.303 e. The highest BCUT2D eigenvalue weighted by Gasteiger charge is 2.27. The number of guanidine groups is 1. The van der Waals surface area contributed by atoms with Gasteiger partial charge in [-0.05, 0) is 36.0 Å². The first kappa shape index (κ1) is 29.8. The molecule has 12 heteroatoms. The molecular formula is C26H35N7O5. The van der Waals surface area contributed by atoms with Crippen LogP contribution in [0.1, 0.15) is 31.2 Å². The second-order valence-electron chi connectivity index (χ2n) is 8.81. The fraction of sp³-hybridized carbons (Fsp3) is 0.346. The Labute approximate surface area is 220 Å². The Kier molecular flexibility index (Phi) is 11.7. The molecule has 0 aliphatic heterocycles. The number of carboxylic acid groups (broad SMARTS) is 1. The van der Waals surface area contributed by atoms with Crippen molar-refractivity contribution in [2.75, 3.05) is 6.54 Å². The summed E-state index contributed by atoms with van der Waals surface area (Å²) >= 11 is 0. The maximum absolute atomic E-state index is 13.2. The van der Waals surface area contributed by atoms with E-state index in [0.29, 0.717) is 13.0 Å². The van der Waals surface area contributed by atoms with Crippen LogP contribution in [0.5, 0.6) is 0 Å². The van der Waals surface area contributed by atoms with Gasteiger partial charge in [-0.2, -0.15) is 0 Å². The fourth-order valence-electron chi connectivity index (χ4n) is 3.68. The first-order chi connectivity index (χ1) is 18.1. The molecule has 3 amide bonds. The number of nitrogens with two attached hydrogens (primary N) is 3. The number of hydrogen-bond acceptors (Lipinski definition) is 6. The molecule has 2 aromatic carbocycles. The van der Waals surface area contributed by atoms with Gasteiger partial charge in [-0.25, -0.2) is 0 Å². The van der Waals surface area contributed by atoms with Gasteiger partial charge >= 0.3 is 5.97 Å². The number of carbonyl (C=O) groups is 4. The van der Waals surface area contributed by atoms with E-state index >= 15 is 0 Å². The summed E-state index contributed by atoms with van der Waals surface area (Å²) in [5.41, 5.74) is 19.3. The van der Waals surface area contributed by atoms with Crippen molar-refractivity contribution in [3.63, 3.8) is 0 Å². The number of amides is 3. The molecule has 3 atom stereocenters. The van der Waals surface area contributed by atoms with E-state index in [9.17, 15) is 19.2 Å². The first-order valence-corrected chi connectivity index (χ1v) is 12.2. The summed E-state index contributed by atoms with van der Waals surface area (Å²) in [7, 11) is 0. The van der Waals surface area contributed by atoms with Crippen molar-refractivity contribution < 1.29 is 24.3 Å². The molecule has 0 bridgehead atoms. The normalized spacial score (nSPS) is 13.0. The van der Waals surface area contributed by atoms with Crippen molar-refractivity contribution in [2.45, 2.75) is 50.2 Å². The van der Waals surface area contributed by atoms with Gasteiger partial charge in [0.05, 0.1) is 6.04 Å². The summed E-state index contributed by atoms with van der Waals surface area (Å²) in [5, 5.41) is 23.8. The monoisotopic (exact) mass is 525 g/mol. The van der Waals surface area contributed by atoms with E-state index in [1.165, 1.54) is 0 Å². The lowest BCUT2D eigenvalue weighted by atomic mass is 9.99. The Bertz CT molecular complexity index is 1110. The van der Waals surface area contributed by atoms with Gasteiger partial charge in [0.15, 0.2) is 5.96 Å². The van der Waals surface area contributed by atoms with Gasteiger partial charge in [0.1, 0.15) is 12.1 Å². The third kappa shape index (κ3) is 10.3. The highest BCUT2D eigenvalue weighted by atomic mass is 16.4. The summed E-state index contributed by atoms with van der Waals surface area (Å²) in [4.78, 5) is 48.6. The van der Waals surface area contributed by atoms with Crippen molar-refractivity contribution in [1.82, 2.24) is 16.0 Å². The first-order valence-electron chi connectivity index (χ1n) is 12.2. The highest BCUT2D eigenvalue weighted by Crippen LogP contribution is 2.20. The Hall–Kier alpha value is -4.45. The smallest absolute Gasteiger partial charge is 0.303 e. The topological polar surface area (TPSA) is 227 Å². The van der Waals surface area contributed by atoms with Crippen LogP contribution in [0.3, 0.4) is 0 Å². The number of benzene rings is 2. The molecule has 0 fully saturated rings. The molecule has 2 aromatic rings. The second kappa shape index (κ2) is 15.0. The largest absolute Gasteiger partial charge is 0.481 e. The van der Waals surface area contributed by atoms with E-state index in [4.69, 9.17) is 27.7 Å². The second-order valence-corrected chi connectivity index (χ2v) is 8.81. The van der Waals surface area contributed by atoms with Crippen LogP contribution in [0.2, 0.25) is 0 Å². The molecule has 0 heterocycles. The lowest BCUT2D eigenvalue weighted by molar-refractivity contribution is -0.137. The van der Waals surface area contributed by atoms with E-state index in [1.54, 1.807) is 0 Å². The number of nitrogens with one attached hydrogen (secondary N) is 4. The quantitative estimate of drug-likeness (QED) is 0.0880. The summed E-state index contributed by atoms with van der Waals surface area (Å²) < 4.78 is 0. The van der Waals surface area contributed by atoms with Gasteiger partial charge in [-0.3, -0.25) is 24.6 Å². The number of carboxylic acids is 1. The van der Waals surface area contributed by atoms with Gasteiger partial charge in [-0.1, -0.05) is 54.6 Å². The molecule has 0 aliphatic carbocycles. The van der Waals surface area contributed by atoms with Gasteiger partial charge < -0.3 is 38.3 Å². The predicted molar refractivity (Wildman–Crippen MR) is 143 cm³/mol. The number of primary amides is 1. The molecule has 204 valence electrons. The minimum atomic E-state index is -1.13. The van der Waals surface area contributed by atoms with Crippen LogP contribution in [0.15, 0.2) is 54.6 Å². The van der Waals surface area contributed by atoms with E-state index in [0.717, 1.165) is 16.7 Å². The van der Waals surface area contributed by atoms with Gasteiger partial charge in [-0.15, -0.1) is 0 Å². The van der Waals surface area contributed by atoms with Gasteiger partial charge in [0.25, 0.3) is 0 Å². The number of carbonyl (C=O) groups excluding carboxylic acids is 3. The molecule has 38 heavy (non-hydrogen) atoms. The summed E-state index contributed by atoms with van der Waals surface area (Å²) in [6.45, 7) is 0.307. The van der Waals surface area contributed by atoms with Crippen LogP contribution in [0.25, 0.3) is 11.1 Å². The zero-order valence-corrected chi connectivity index (χ0v) is 21.0. The summed E-state index contributed by atoms with van der Waals surface area (Å²) in [6, 6.07) is 13.9. The average molecular weight is 526 g/mol. The van der Waals surface area contributed by atoms with Crippen LogP contribution in [0.4, 0.5) is 0 Å². The summed E-state index contributed by atoms with van der Waals surface area (Å²) in [6.07, 6.45) is 0.270. The third-order valence-electron chi connectivity index (χ3n) is 5.78. The van der Waals surface area contributed by atoms with E-state index in [2.05, 4.69) is 16.0 Å². The molecular weight excluding hydrogens is 490 g/mol. The molecule has 0 aliphatic rings. The Morgan fingerprint density at radius 3 is 2.03 bits per heavy atom. The maximum atomic E-state index is 13.2. The zero-order valence-electron chi connectivity index (χ0n) is 21.0. The van der Waals surface area contributed by atoms with Crippen LogP contribution in [-0.4, -0.2) is 59.4 Å². The van der Waals surface area contributed by atoms with Crippen LogP contribution in [0, 0.1) is 5.41 Å². The Morgan fingerprint density at radius 2 is 1.45 bits per heavy atom. The van der Waals surface area contributed by atoms with Crippen molar-refractivity contribution in [3.05, 3.63) is 60.2 Å². The summed E-state index contributed by atoms with van der Waals surface area (Å²) in [5.74, 6) is -3.39. The number of aliphatic carboxylic acids is 1. The highest BCUT2D eigenvalue weighted by molar-refractivity contribution is 5.93. The molecule has 0 spiro atoms. The minimum Gasteiger partial charge on any atom is -0.481 e. The van der Waals surface area contributed by atoms with E-state index in [-0.39, 0.29) is 31.6 Å². The standard InChI is InChI=1S/C26H35N7O5/c27-19(12-13-22(34)35)24(37)33-21(25(38)32-20(23(28)36)7-4-14-31-26(29)30)15-16-8-10-18(11-9-16)17-5-2-1-3-6-17/h1-3,5-6,8-11,19-21H,4,7,12-15,27H2,(H2,28,36)(H,32,38)(H,33,37)(H,34,35)(H4,29,30,31). The van der Waals surface area contributed by atoms with Crippen LogP contribution >= 0.6 is 0 Å². The molecule has 0 aromatic heterocycles. The fourth-order valence-corrected chi connectivity index (χ4v) is 3.68. The number of rotatable bonds is 15. The molecule has 3 unspecified atom stereocenters. The molecule has 0 saturated heterocycles. The lowest BCUT2D eigenvalue weighted by Gasteiger charge is -2.23. The lowest BCUT2D eigenvalue weighted by Crippen LogP contribution is -2.56. The molecule has 2 rings (SSSR count). The average Bonchev–Trinajstić information content (AvgIpc) is 2.89. The van der Waals surface area contributed by atoms with Crippen molar-refractivity contribution in [3.8, 4) is 11.1 Å². The molecule has 0 saturated carbocycles. The van der Waals surface area contributed by atoms with E-state index in [1.807, 2.05) is 54.6 Å².